The van der Waals surface area contributed by atoms with Crippen molar-refractivity contribution in [2.45, 2.75) is 44.7 Å². The maximum Gasteiger partial charge on any atom is 0.220 e. The fourth-order valence-electron chi connectivity index (χ4n) is 3.35. The SMILES string of the molecule is Cn1cc(CNCCCC(=O)NC2CC2)c(-c2ccc3c(c2)OCCCO3)n1. The van der Waals surface area contributed by atoms with E-state index in [4.69, 9.17) is 9.47 Å². The van der Waals surface area contributed by atoms with Gasteiger partial charge in [0.05, 0.1) is 18.9 Å². The van der Waals surface area contributed by atoms with Gasteiger partial charge in [0.1, 0.15) is 0 Å². The molecule has 1 saturated carbocycles. The molecule has 0 unspecified atom stereocenters. The molecule has 1 fully saturated rings. The van der Waals surface area contributed by atoms with Crippen LogP contribution in [0.15, 0.2) is 24.4 Å². The summed E-state index contributed by atoms with van der Waals surface area (Å²) in [5, 5.41) is 11.1. The Morgan fingerprint density at radius 2 is 2.07 bits per heavy atom. The average Bonchev–Trinajstić information content (AvgIpc) is 3.45. The van der Waals surface area contributed by atoms with E-state index in [1.165, 1.54) is 0 Å². The summed E-state index contributed by atoms with van der Waals surface area (Å²) < 4.78 is 13.4. The van der Waals surface area contributed by atoms with E-state index in [2.05, 4.69) is 15.7 Å². The number of ether oxygens (including phenoxy) is 2. The first-order valence-corrected chi connectivity index (χ1v) is 10.1. The average molecular weight is 384 g/mol. The third-order valence-corrected chi connectivity index (χ3v) is 4.94. The molecule has 0 spiro atoms. The molecule has 1 amide bonds. The van der Waals surface area contributed by atoms with Crippen molar-refractivity contribution in [1.29, 1.82) is 0 Å². The van der Waals surface area contributed by atoms with Gasteiger partial charge >= 0.3 is 0 Å². The van der Waals surface area contributed by atoms with Crippen molar-refractivity contribution in [3.05, 3.63) is 30.0 Å². The van der Waals surface area contributed by atoms with E-state index in [9.17, 15) is 4.79 Å². The number of carbonyl (C=O) groups is 1. The number of carbonyl (C=O) groups excluding carboxylic acids is 1. The Kier molecular flexibility index (Phi) is 5.81. The van der Waals surface area contributed by atoms with Gasteiger partial charge in [0, 0.05) is 49.8 Å². The molecule has 150 valence electrons. The molecule has 1 aromatic carbocycles. The number of aryl methyl sites for hydroxylation is 1. The summed E-state index contributed by atoms with van der Waals surface area (Å²) in [4.78, 5) is 11.7. The molecule has 7 nitrogen and oxygen atoms in total. The summed E-state index contributed by atoms with van der Waals surface area (Å²) in [6.07, 6.45) is 6.59. The molecular weight excluding hydrogens is 356 g/mol. The molecule has 7 heteroatoms. The summed E-state index contributed by atoms with van der Waals surface area (Å²) in [6, 6.07) is 6.44. The monoisotopic (exact) mass is 384 g/mol. The Labute approximate surface area is 165 Å². The zero-order valence-corrected chi connectivity index (χ0v) is 16.4. The highest BCUT2D eigenvalue weighted by Crippen LogP contribution is 2.34. The highest BCUT2D eigenvalue weighted by atomic mass is 16.5. The van der Waals surface area contributed by atoms with Crippen LogP contribution in [0.25, 0.3) is 11.3 Å². The number of fused-ring (bicyclic) bond motifs is 1. The summed E-state index contributed by atoms with van der Waals surface area (Å²) in [5.74, 6) is 1.74. The van der Waals surface area contributed by atoms with Gasteiger partial charge in [0.15, 0.2) is 11.5 Å². The fraction of sp³-hybridized carbons (Fsp3) is 0.524. The van der Waals surface area contributed by atoms with Crippen molar-refractivity contribution in [2.24, 2.45) is 7.05 Å². The number of rotatable bonds is 8. The topological polar surface area (TPSA) is 77.4 Å². The van der Waals surface area contributed by atoms with Crippen molar-refractivity contribution >= 4 is 5.91 Å². The van der Waals surface area contributed by atoms with E-state index in [0.29, 0.717) is 32.2 Å². The van der Waals surface area contributed by atoms with Crippen LogP contribution >= 0.6 is 0 Å². The third-order valence-electron chi connectivity index (χ3n) is 4.94. The Bertz CT molecular complexity index is 829. The number of benzene rings is 1. The second-order valence-electron chi connectivity index (χ2n) is 7.51. The predicted octanol–water partition coefficient (Wildman–Crippen LogP) is 2.40. The molecule has 1 aliphatic heterocycles. The van der Waals surface area contributed by atoms with Gasteiger partial charge in [-0.3, -0.25) is 9.48 Å². The number of hydrogen-bond donors (Lipinski definition) is 2. The van der Waals surface area contributed by atoms with Crippen LogP contribution in [0.5, 0.6) is 11.5 Å². The molecule has 2 N–H and O–H groups in total. The van der Waals surface area contributed by atoms with Crippen LogP contribution in [-0.4, -0.2) is 41.5 Å². The summed E-state index contributed by atoms with van der Waals surface area (Å²) in [7, 11) is 1.93. The van der Waals surface area contributed by atoms with Gasteiger partial charge in [-0.1, -0.05) is 0 Å². The molecule has 0 bridgehead atoms. The normalized spacial score (nSPS) is 15.9. The molecule has 2 aromatic rings. The van der Waals surface area contributed by atoms with Crippen LogP contribution in [0.1, 0.15) is 37.7 Å². The molecule has 1 aromatic heterocycles. The molecule has 2 aliphatic rings. The fourth-order valence-corrected chi connectivity index (χ4v) is 3.35. The lowest BCUT2D eigenvalue weighted by molar-refractivity contribution is -0.121. The van der Waals surface area contributed by atoms with Crippen molar-refractivity contribution in [3.8, 4) is 22.8 Å². The lowest BCUT2D eigenvalue weighted by atomic mass is 10.1. The van der Waals surface area contributed by atoms with Gasteiger partial charge in [-0.25, -0.2) is 0 Å². The molecule has 1 aliphatic carbocycles. The van der Waals surface area contributed by atoms with Crippen LogP contribution in [0.2, 0.25) is 0 Å². The molecule has 0 atom stereocenters. The number of hydrogen-bond acceptors (Lipinski definition) is 5. The number of amides is 1. The maximum atomic E-state index is 11.7. The van der Waals surface area contributed by atoms with E-state index >= 15 is 0 Å². The second kappa shape index (κ2) is 8.65. The van der Waals surface area contributed by atoms with Crippen molar-refractivity contribution < 1.29 is 14.3 Å². The first-order valence-electron chi connectivity index (χ1n) is 10.1. The minimum absolute atomic E-state index is 0.165. The predicted molar refractivity (Wildman–Crippen MR) is 106 cm³/mol. The van der Waals surface area contributed by atoms with Crippen LogP contribution in [0, 0.1) is 0 Å². The van der Waals surface area contributed by atoms with Gasteiger partial charge in [0.25, 0.3) is 0 Å². The maximum absolute atomic E-state index is 11.7. The van der Waals surface area contributed by atoms with E-state index in [1.54, 1.807) is 0 Å². The number of nitrogens with zero attached hydrogens (tertiary/aromatic N) is 2. The molecule has 0 saturated heterocycles. The molecule has 28 heavy (non-hydrogen) atoms. The first-order chi connectivity index (χ1) is 13.7. The Morgan fingerprint density at radius 1 is 1.25 bits per heavy atom. The van der Waals surface area contributed by atoms with E-state index in [-0.39, 0.29) is 5.91 Å². The third kappa shape index (κ3) is 4.84. The minimum atomic E-state index is 0.165. The number of aromatic nitrogens is 2. The molecule has 2 heterocycles. The van der Waals surface area contributed by atoms with Crippen LogP contribution in [0.4, 0.5) is 0 Å². The van der Waals surface area contributed by atoms with E-state index in [1.807, 2.05) is 36.1 Å². The summed E-state index contributed by atoms with van der Waals surface area (Å²) >= 11 is 0. The van der Waals surface area contributed by atoms with E-state index in [0.717, 1.165) is 60.5 Å². The van der Waals surface area contributed by atoms with Crippen LogP contribution in [-0.2, 0) is 18.4 Å². The van der Waals surface area contributed by atoms with Crippen LogP contribution in [0.3, 0.4) is 0 Å². The Hall–Kier alpha value is -2.54. The van der Waals surface area contributed by atoms with E-state index < -0.39 is 0 Å². The minimum Gasteiger partial charge on any atom is -0.490 e. The Morgan fingerprint density at radius 3 is 2.89 bits per heavy atom. The standard InChI is InChI=1S/C21H28N4O3/c1-25-14-16(13-22-9-2-4-20(26)23-17-6-7-17)21(24-25)15-5-8-18-19(12-15)28-11-3-10-27-18/h5,8,12,14,17,22H,2-4,6-7,9-11,13H2,1H3,(H,23,26). The van der Waals surface area contributed by atoms with Gasteiger partial charge in [-0.15, -0.1) is 0 Å². The highest BCUT2D eigenvalue weighted by molar-refractivity contribution is 5.76. The molecule has 0 radical (unpaired) electrons. The zero-order valence-electron chi connectivity index (χ0n) is 16.4. The first kappa shape index (κ1) is 18.8. The second-order valence-corrected chi connectivity index (χ2v) is 7.51. The molecular formula is C21H28N4O3. The smallest absolute Gasteiger partial charge is 0.220 e. The summed E-state index contributed by atoms with van der Waals surface area (Å²) in [6.45, 7) is 2.86. The highest BCUT2D eigenvalue weighted by Gasteiger charge is 2.22. The molecule has 4 rings (SSSR count). The quantitative estimate of drug-likeness (QED) is 0.684. The summed E-state index contributed by atoms with van der Waals surface area (Å²) in [5.41, 5.74) is 3.09. The Balaban J connectivity index is 1.34. The van der Waals surface area contributed by atoms with Crippen molar-refractivity contribution in [3.63, 3.8) is 0 Å². The van der Waals surface area contributed by atoms with Crippen molar-refractivity contribution in [2.75, 3.05) is 19.8 Å². The lowest BCUT2D eigenvalue weighted by Crippen LogP contribution is -2.26. The number of nitrogens with one attached hydrogen (secondary N) is 2. The zero-order chi connectivity index (χ0) is 19.3. The van der Waals surface area contributed by atoms with Gasteiger partial charge < -0.3 is 20.1 Å². The lowest BCUT2D eigenvalue weighted by Gasteiger charge is -2.10. The largest absolute Gasteiger partial charge is 0.490 e. The van der Waals surface area contributed by atoms with Crippen LogP contribution < -0.4 is 20.1 Å². The van der Waals surface area contributed by atoms with Gasteiger partial charge in [-0.2, -0.15) is 5.10 Å². The van der Waals surface area contributed by atoms with Gasteiger partial charge in [0.2, 0.25) is 5.91 Å². The van der Waals surface area contributed by atoms with Crippen molar-refractivity contribution in [1.82, 2.24) is 20.4 Å². The van der Waals surface area contributed by atoms with Gasteiger partial charge in [-0.05, 0) is 44.0 Å².